The van der Waals surface area contributed by atoms with Crippen molar-refractivity contribution in [1.82, 2.24) is 4.57 Å². The Labute approximate surface area is 115 Å². The molecular formula is C15H15F2NO2. The van der Waals surface area contributed by atoms with E-state index in [1.54, 1.807) is 6.92 Å². The minimum atomic E-state index is -1.34. The first kappa shape index (κ1) is 14.4. The van der Waals surface area contributed by atoms with Gasteiger partial charge in [-0.1, -0.05) is 0 Å². The van der Waals surface area contributed by atoms with Crippen molar-refractivity contribution in [3.63, 3.8) is 0 Å². The minimum Gasteiger partial charge on any atom is -0.386 e. The number of halogens is 2. The molecule has 1 heterocycles. The van der Waals surface area contributed by atoms with Gasteiger partial charge >= 0.3 is 0 Å². The van der Waals surface area contributed by atoms with E-state index in [0.29, 0.717) is 5.69 Å². The van der Waals surface area contributed by atoms with E-state index in [9.17, 15) is 18.7 Å². The molecule has 2 rings (SSSR count). The van der Waals surface area contributed by atoms with Crippen molar-refractivity contribution in [2.75, 3.05) is 0 Å². The van der Waals surface area contributed by atoms with E-state index in [4.69, 9.17) is 0 Å². The van der Waals surface area contributed by atoms with Crippen molar-refractivity contribution >= 4 is 0 Å². The first-order valence-corrected chi connectivity index (χ1v) is 6.12. The normalized spacial score (nSPS) is 11.7. The fraction of sp³-hybridized carbons (Fsp3) is 0.267. The maximum absolute atomic E-state index is 13.8. The van der Waals surface area contributed by atoms with Gasteiger partial charge in [-0.15, -0.1) is 0 Å². The van der Waals surface area contributed by atoms with Crippen molar-refractivity contribution < 1.29 is 13.9 Å². The molecule has 0 saturated heterocycles. The third-order valence-corrected chi connectivity index (χ3v) is 3.07. The van der Waals surface area contributed by atoms with Gasteiger partial charge in [-0.2, -0.15) is 0 Å². The van der Waals surface area contributed by atoms with Crippen molar-refractivity contribution in [3.05, 3.63) is 63.6 Å². The second kappa shape index (κ2) is 4.83. The third-order valence-electron chi connectivity index (χ3n) is 3.07. The molecule has 0 aliphatic carbocycles. The van der Waals surface area contributed by atoms with Crippen LogP contribution in [0.15, 0.2) is 35.3 Å². The lowest BCUT2D eigenvalue weighted by Gasteiger charge is -2.20. The molecule has 1 aromatic carbocycles. The standard InChI is InChI=1S/C15H15F2NO2/c1-9-6-14(19)11(15(2,3)20)8-18(9)13-5-4-10(16)7-12(13)17/h4-8,20H,1-3H3. The molecule has 20 heavy (non-hydrogen) atoms. The highest BCUT2D eigenvalue weighted by Crippen LogP contribution is 2.21. The van der Waals surface area contributed by atoms with Crippen molar-refractivity contribution in [1.29, 1.82) is 0 Å². The van der Waals surface area contributed by atoms with E-state index in [1.807, 2.05) is 0 Å². The van der Waals surface area contributed by atoms with Gasteiger partial charge in [0.15, 0.2) is 5.43 Å². The van der Waals surface area contributed by atoms with Crippen molar-refractivity contribution in [2.45, 2.75) is 26.4 Å². The second-order valence-corrected chi connectivity index (χ2v) is 5.22. The predicted octanol–water partition coefficient (Wildman–Crippen LogP) is 2.65. The number of hydrogen-bond acceptors (Lipinski definition) is 2. The number of pyridine rings is 1. The molecule has 0 unspecified atom stereocenters. The fourth-order valence-corrected chi connectivity index (χ4v) is 2.03. The van der Waals surface area contributed by atoms with Gasteiger partial charge < -0.3 is 9.67 Å². The quantitative estimate of drug-likeness (QED) is 0.918. The molecule has 2 aromatic rings. The van der Waals surface area contributed by atoms with Crippen LogP contribution in [0.5, 0.6) is 0 Å². The molecule has 5 heteroatoms. The zero-order valence-electron chi connectivity index (χ0n) is 11.4. The van der Waals surface area contributed by atoms with Crippen LogP contribution in [0.25, 0.3) is 5.69 Å². The Kier molecular flexibility index (Phi) is 3.48. The molecule has 0 aliphatic heterocycles. The summed E-state index contributed by atoms with van der Waals surface area (Å²) in [6, 6.07) is 4.52. The monoisotopic (exact) mass is 279 g/mol. The number of hydrogen-bond donors (Lipinski definition) is 1. The topological polar surface area (TPSA) is 42.2 Å². The molecule has 3 nitrogen and oxygen atoms in total. The van der Waals surface area contributed by atoms with Crippen LogP contribution in [-0.2, 0) is 5.60 Å². The Morgan fingerprint density at radius 2 is 1.85 bits per heavy atom. The van der Waals surface area contributed by atoms with Crippen LogP contribution >= 0.6 is 0 Å². The van der Waals surface area contributed by atoms with Crippen molar-refractivity contribution in [2.24, 2.45) is 0 Å². The van der Waals surface area contributed by atoms with Crippen LogP contribution in [0, 0.1) is 18.6 Å². The molecule has 1 aromatic heterocycles. The van der Waals surface area contributed by atoms with Gasteiger partial charge in [-0.25, -0.2) is 8.78 Å². The van der Waals surface area contributed by atoms with Gasteiger partial charge in [0.1, 0.15) is 11.6 Å². The lowest BCUT2D eigenvalue weighted by Crippen LogP contribution is -2.27. The maximum Gasteiger partial charge on any atom is 0.187 e. The highest BCUT2D eigenvalue weighted by molar-refractivity contribution is 5.38. The van der Waals surface area contributed by atoms with Crippen LogP contribution in [0.1, 0.15) is 25.1 Å². The molecule has 0 radical (unpaired) electrons. The molecule has 0 bridgehead atoms. The summed E-state index contributed by atoms with van der Waals surface area (Å²) in [4.78, 5) is 11.9. The van der Waals surface area contributed by atoms with Crippen LogP contribution in [0.3, 0.4) is 0 Å². The minimum absolute atomic E-state index is 0.120. The first-order valence-electron chi connectivity index (χ1n) is 6.12. The Morgan fingerprint density at radius 3 is 2.40 bits per heavy atom. The maximum atomic E-state index is 13.8. The lowest BCUT2D eigenvalue weighted by atomic mass is 9.99. The molecule has 0 fully saturated rings. The SMILES string of the molecule is Cc1cc(=O)c(C(C)(C)O)cn1-c1ccc(F)cc1F. The Balaban J connectivity index is 2.72. The lowest BCUT2D eigenvalue weighted by molar-refractivity contribution is 0.0769. The number of nitrogens with zero attached hydrogens (tertiary/aromatic N) is 1. The van der Waals surface area contributed by atoms with Gasteiger partial charge in [0.2, 0.25) is 0 Å². The molecule has 0 amide bonds. The molecule has 0 spiro atoms. The van der Waals surface area contributed by atoms with E-state index in [-0.39, 0.29) is 16.7 Å². The molecule has 0 atom stereocenters. The van der Waals surface area contributed by atoms with Crippen LogP contribution < -0.4 is 5.43 Å². The summed E-state index contributed by atoms with van der Waals surface area (Å²) in [5.41, 5.74) is -0.910. The smallest absolute Gasteiger partial charge is 0.187 e. The summed E-state index contributed by atoms with van der Waals surface area (Å²) in [5.74, 6) is -1.41. The molecular weight excluding hydrogens is 264 g/mol. The largest absolute Gasteiger partial charge is 0.386 e. The molecule has 1 N–H and O–H groups in total. The number of aromatic nitrogens is 1. The van der Waals surface area contributed by atoms with Gasteiger partial charge in [0.05, 0.1) is 11.3 Å². The second-order valence-electron chi connectivity index (χ2n) is 5.22. The van der Waals surface area contributed by atoms with Crippen LogP contribution in [0.4, 0.5) is 8.78 Å². The van der Waals surface area contributed by atoms with Gasteiger partial charge in [0, 0.05) is 29.6 Å². The fourth-order valence-electron chi connectivity index (χ4n) is 2.03. The Hall–Kier alpha value is -2.01. The zero-order chi connectivity index (χ0) is 15.1. The van der Waals surface area contributed by atoms with E-state index < -0.39 is 17.2 Å². The summed E-state index contributed by atoms with van der Waals surface area (Å²) < 4.78 is 28.2. The summed E-state index contributed by atoms with van der Waals surface area (Å²) in [6.07, 6.45) is 1.38. The van der Waals surface area contributed by atoms with Crippen molar-refractivity contribution in [3.8, 4) is 5.69 Å². The third kappa shape index (κ3) is 2.63. The zero-order valence-corrected chi connectivity index (χ0v) is 11.4. The molecule has 0 saturated carbocycles. The highest BCUT2D eigenvalue weighted by atomic mass is 19.1. The summed E-state index contributed by atoms with van der Waals surface area (Å²) in [7, 11) is 0. The number of aryl methyl sites for hydroxylation is 1. The highest BCUT2D eigenvalue weighted by Gasteiger charge is 2.21. The van der Waals surface area contributed by atoms with Crippen LogP contribution in [-0.4, -0.2) is 9.67 Å². The summed E-state index contributed by atoms with van der Waals surface area (Å²) in [5, 5.41) is 9.98. The van der Waals surface area contributed by atoms with E-state index in [0.717, 1.165) is 12.1 Å². The average Bonchev–Trinajstić information content (AvgIpc) is 2.28. The van der Waals surface area contributed by atoms with E-state index in [2.05, 4.69) is 0 Å². The Bertz CT molecular complexity index is 715. The summed E-state index contributed by atoms with van der Waals surface area (Å²) in [6.45, 7) is 4.59. The predicted molar refractivity (Wildman–Crippen MR) is 71.9 cm³/mol. The molecule has 106 valence electrons. The Morgan fingerprint density at radius 1 is 1.20 bits per heavy atom. The molecule has 0 aliphatic rings. The number of benzene rings is 1. The number of aliphatic hydroxyl groups is 1. The van der Waals surface area contributed by atoms with E-state index >= 15 is 0 Å². The van der Waals surface area contributed by atoms with E-state index in [1.165, 1.54) is 36.7 Å². The number of rotatable bonds is 2. The first-order chi connectivity index (χ1) is 9.20. The van der Waals surface area contributed by atoms with Crippen LogP contribution in [0.2, 0.25) is 0 Å². The van der Waals surface area contributed by atoms with Gasteiger partial charge in [-0.3, -0.25) is 4.79 Å². The summed E-state index contributed by atoms with van der Waals surface area (Å²) >= 11 is 0. The van der Waals surface area contributed by atoms with Gasteiger partial charge in [-0.05, 0) is 32.9 Å². The van der Waals surface area contributed by atoms with Gasteiger partial charge in [0.25, 0.3) is 0 Å². The average molecular weight is 279 g/mol.